The lowest BCUT2D eigenvalue weighted by Crippen LogP contribution is -2.53. The molecule has 9 heteroatoms. The van der Waals surface area contributed by atoms with Crippen LogP contribution in [0.3, 0.4) is 0 Å². The van der Waals surface area contributed by atoms with Crippen molar-refractivity contribution in [2.24, 2.45) is 18.0 Å². The molecule has 2 aliphatic heterocycles. The first-order valence-electron chi connectivity index (χ1n) is 12.3. The largest absolute Gasteiger partial charge is 0.367 e. The summed E-state index contributed by atoms with van der Waals surface area (Å²) in [7, 11) is 3.80. The van der Waals surface area contributed by atoms with Gasteiger partial charge in [-0.1, -0.05) is 12.8 Å². The highest BCUT2D eigenvalue weighted by atomic mass is 16.2. The Hall–Kier alpha value is -2.29. The number of anilines is 1. The molecule has 3 fully saturated rings. The zero-order chi connectivity index (χ0) is 22.3. The Morgan fingerprint density at radius 2 is 1.91 bits per heavy atom. The number of aromatic nitrogens is 2. The van der Waals surface area contributed by atoms with Crippen molar-refractivity contribution in [1.29, 1.82) is 0 Å². The van der Waals surface area contributed by atoms with Crippen LogP contribution in [0.4, 0.5) is 5.69 Å². The van der Waals surface area contributed by atoms with Gasteiger partial charge in [-0.25, -0.2) is 0 Å². The standard InChI is InChI=1S/C23H40N8O/c1-24-23(27-20-8-5-10-31(17-20)21-16-26-28(2)18-21)25-9-11-29-12-14-30(15-13-29)22(32)19-6-3-4-7-19/h16,18-20H,3-15,17H2,1-2H3,(H2,24,25,27). The van der Waals surface area contributed by atoms with Crippen molar-refractivity contribution in [1.82, 2.24) is 30.2 Å². The summed E-state index contributed by atoms with van der Waals surface area (Å²) in [6, 6.07) is 0.375. The van der Waals surface area contributed by atoms with Crippen molar-refractivity contribution < 1.29 is 4.79 Å². The molecule has 1 amide bonds. The fourth-order valence-electron chi connectivity index (χ4n) is 5.24. The van der Waals surface area contributed by atoms with E-state index in [0.717, 1.165) is 84.0 Å². The van der Waals surface area contributed by atoms with E-state index in [-0.39, 0.29) is 0 Å². The SMILES string of the molecule is CN=C(NCCN1CCN(C(=O)C2CCCC2)CC1)NC1CCCN(c2cnn(C)c2)C1. The summed E-state index contributed by atoms with van der Waals surface area (Å²) in [6.07, 6.45) is 11.0. The highest BCUT2D eigenvalue weighted by molar-refractivity contribution is 5.80. The maximum Gasteiger partial charge on any atom is 0.225 e. The molecule has 2 N–H and O–H groups in total. The van der Waals surface area contributed by atoms with Crippen LogP contribution in [0.1, 0.15) is 38.5 Å². The Bertz CT molecular complexity index is 764. The van der Waals surface area contributed by atoms with Gasteiger partial charge >= 0.3 is 0 Å². The van der Waals surface area contributed by atoms with Crippen molar-refractivity contribution in [3.63, 3.8) is 0 Å². The number of carbonyl (C=O) groups excluding carboxylic acids is 1. The molecule has 0 spiro atoms. The molecule has 0 bridgehead atoms. The van der Waals surface area contributed by atoms with Crippen LogP contribution in [0.15, 0.2) is 17.4 Å². The molecule has 9 nitrogen and oxygen atoms in total. The van der Waals surface area contributed by atoms with E-state index >= 15 is 0 Å². The maximum absolute atomic E-state index is 12.6. The van der Waals surface area contributed by atoms with Crippen LogP contribution >= 0.6 is 0 Å². The van der Waals surface area contributed by atoms with Crippen LogP contribution in [0.25, 0.3) is 0 Å². The summed E-state index contributed by atoms with van der Waals surface area (Å²) in [6.45, 7) is 7.54. The molecule has 1 atom stereocenters. The lowest BCUT2D eigenvalue weighted by molar-refractivity contribution is -0.137. The smallest absolute Gasteiger partial charge is 0.225 e. The van der Waals surface area contributed by atoms with E-state index < -0.39 is 0 Å². The van der Waals surface area contributed by atoms with Crippen molar-refractivity contribution >= 4 is 17.6 Å². The van der Waals surface area contributed by atoms with Crippen LogP contribution in [0.5, 0.6) is 0 Å². The molecule has 4 rings (SSSR count). The molecule has 1 aromatic heterocycles. The van der Waals surface area contributed by atoms with Crippen LogP contribution < -0.4 is 15.5 Å². The van der Waals surface area contributed by atoms with E-state index in [1.54, 1.807) is 0 Å². The van der Waals surface area contributed by atoms with Crippen LogP contribution in [-0.4, -0.2) is 96.9 Å². The number of hydrogen-bond donors (Lipinski definition) is 2. The summed E-state index contributed by atoms with van der Waals surface area (Å²) in [5, 5.41) is 11.4. The Kier molecular flexibility index (Phi) is 7.89. The molecule has 178 valence electrons. The third-order valence-corrected chi connectivity index (χ3v) is 7.15. The predicted molar refractivity (Wildman–Crippen MR) is 128 cm³/mol. The number of piperazine rings is 1. The maximum atomic E-state index is 12.6. The monoisotopic (exact) mass is 444 g/mol. The molecule has 3 heterocycles. The van der Waals surface area contributed by atoms with Crippen molar-refractivity contribution in [3.8, 4) is 0 Å². The summed E-state index contributed by atoms with van der Waals surface area (Å²) < 4.78 is 1.86. The van der Waals surface area contributed by atoms with Gasteiger partial charge in [-0.05, 0) is 25.7 Å². The molecule has 0 radical (unpaired) electrons. The quantitative estimate of drug-likeness (QED) is 0.501. The van der Waals surface area contributed by atoms with E-state index in [2.05, 4.69) is 41.6 Å². The summed E-state index contributed by atoms with van der Waals surface area (Å²) in [5.74, 6) is 1.57. The number of carbonyl (C=O) groups is 1. The van der Waals surface area contributed by atoms with Crippen LogP contribution in [-0.2, 0) is 11.8 Å². The molecule has 32 heavy (non-hydrogen) atoms. The van der Waals surface area contributed by atoms with E-state index in [4.69, 9.17) is 0 Å². The fourth-order valence-corrected chi connectivity index (χ4v) is 5.24. The minimum atomic E-state index is 0.298. The number of aliphatic imine (C=N–C) groups is 1. The molecule has 1 unspecified atom stereocenters. The second-order valence-corrected chi connectivity index (χ2v) is 9.45. The number of rotatable bonds is 6. The second-order valence-electron chi connectivity index (χ2n) is 9.45. The summed E-state index contributed by atoms with van der Waals surface area (Å²) >= 11 is 0. The van der Waals surface area contributed by atoms with Crippen LogP contribution in [0.2, 0.25) is 0 Å². The Morgan fingerprint density at radius 3 is 2.59 bits per heavy atom. The molecule has 2 saturated heterocycles. The minimum absolute atomic E-state index is 0.298. The number of piperidine rings is 1. The average molecular weight is 445 g/mol. The minimum Gasteiger partial charge on any atom is -0.367 e. The summed E-state index contributed by atoms with van der Waals surface area (Å²) in [5.41, 5.74) is 1.19. The van der Waals surface area contributed by atoms with Gasteiger partial charge in [0.2, 0.25) is 5.91 Å². The Morgan fingerprint density at radius 1 is 1.12 bits per heavy atom. The highest BCUT2D eigenvalue weighted by Gasteiger charge is 2.29. The van der Waals surface area contributed by atoms with Gasteiger partial charge in [0.15, 0.2) is 5.96 Å². The zero-order valence-electron chi connectivity index (χ0n) is 19.8. The number of nitrogens with one attached hydrogen (secondary N) is 2. The molecule has 1 aromatic rings. The predicted octanol–water partition coefficient (Wildman–Crippen LogP) is 0.888. The second kappa shape index (κ2) is 11.0. The van der Waals surface area contributed by atoms with Crippen LogP contribution in [0, 0.1) is 5.92 Å². The molecule has 1 aliphatic carbocycles. The lowest BCUT2D eigenvalue weighted by atomic mass is 10.1. The third kappa shape index (κ3) is 5.94. The first kappa shape index (κ1) is 22.9. The van der Waals surface area contributed by atoms with E-state index in [1.165, 1.54) is 18.5 Å². The van der Waals surface area contributed by atoms with E-state index in [9.17, 15) is 4.79 Å². The molecule has 0 aromatic carbocycles. The topological polar surface area (TPSA) is 81.0 Å². The first-order chi connectivity index (χ1) is 15.6. The van der Waals surface area contributed by atoms with Gasteiger partial charge < -0.3 is 20.4 Å². The average Bonchev–Trinajstić information content (AvgIpc) is 3.51. The summed E-state index contributed by atoms with van der Waals surface area (Å²) in [4.78, 5) is 24.0. The van der Waals surface area contributed by atoms with Gasteiger partial charge in [-0.2, -0.15) is 5.10 Å². The third-order valence-electron chi connectivity index (χ3n) is 7.15. The van der Waals surface area contributed by atoms with Crippen molar-refractivity contribution in [3.05, 3.63) is 12.4 Å². The van der Waals surface area contributed by atoms with Gasteiger partial charge in [0, 0.05) is 84.6 Å². The van der Waals surface area contributed by atoms with Crippen molar-refractivity contribution in [2.75, 3.05) is 64.3 Å². The number of amides is 1. The molecule has 3 aliphatic rings. The number of guanidine groups is 1. The van der Waals surface area contributed by atoms with Gasteiger partial charge in [0.1, 0.15) is 0 Å². The van der Waals surface area contributed by atoms with E-state index in [0.29, 0.717) is 17.9 Å². The van der Waals surface area contributed by atoms with Gasteiger partial charge in [-0.3, -0.25) is 19.4 Å². The Labute approximate surface area is 192 Å². The van der Waals surface area contributed by atoms with Gasteiger partial charge in [0.05, 0.1) is 11.9 Å². The van der Waals surface area contributed by atoms with Gasteiger partial charge in [0.25, 0.3) is 0 Å². The highest BCUT2D eigenvalue weighted by Crippen LogP contribution is 2.27. The number of nitrogens with zero attached hydrogens (tertiary/aromatic N) is 6. The molecular formula is C23H40N8O. The lowest BCUT2D eigenvalue weighted by Gasteiger charge is -2.36. The first-order valence-corrected chi connectivity index (χ1v) is 12.3. The normalized spacial score (nSPS) is 23.6. The number of aryl methyl sites for hydroxylation is 1. The molecule has 1 saturated carbocycles. The van der Waals surface area contributed by atoms with Crippen molar-refractivity contribution in [2.45, 2.75) is 44.6 Å². The fraction of sp³-hybridized carbons (Fsp3) is 0.783. The van der Waals surface area contributed by atoms with Gasteiger partial charge in [-0.15, -0.1) is 0 Å². The number of hydrogen-bond acceptors (Lipinski definition) is 5. The zero-order valence-corrected chi connectivity index (χ0v) is 19.8. The molecular weight excluding hydrogens is 404 g/mol. The Balaban J connectivity index is 1.15. The van der Waals surface area contributed by atoms with E-state index in [1.807, 2.05) is 25.0 Å².